The Labute approximate surface area is 114 Å². The van der Waals surface area contributed by atoms with Crippen LogP contribution in [0, 0.1) is 10.1 Å². The average molecular weight is 275 g/mol. The van der Waals surface area contributed by atoms with E-state index in [0.717, 1.165) is 11.8 Å². The third-order valence-corrected chi connectivity index (χ3v) is 2.61. The summed E-state index contributed by atoms with van der Waals surface area (Å²) in [5, 5.41) is 11.0. The summed E-state index contributed by atoms with van der Waals surface area (Å²) in [7, 11) is 1.70. The quantitative estimate of drug-likeness (QED) is 0.464. The molecule has 0 radical (unpaired) electrons. The van der Waals surface area contributed by atoms with E-state index in [9.17, 15) is 10.1 Å². The third-order valence-electron chi connectivity index (χ3n) is 2.61. The van der Waals surface area contributed by atoms with Gasteiger partial charge in [0.15, 0.2) is 0 Å². The summed E-state index contributed by atoms with van der Waals surface area (Å²) < 4.78 is 0. The topological polar surface area (TPSA) is 123 Å². The van der Waals surface area contributed by atoms with Crippen LogP contribution in [0.4, 0.5) is 17.5 Å². The summed E-state index contributed by atoms with van der Waals surface area (Å²) in [6, 6.07) is 3.65. The largest absolute Gasteiger partial charge is 0.349 e. The number of hydrogen-bond donors (Lipinski definition) is 2. The highest BCUT2D eigenvalue weighted by Gasteiger charge is 2.20. The predicted octanol–water partition coefficient (Wildman–Crippen LogP) is 0.702. The van der Waals surface area contributed by atoms with Gasteiger partial charge in [-0.3, -0.25) is 20.5 Å². The van der Waals surface area contributed by atoms with Crippen LogP contribution < -0.4 is 16.2 Å². The van der Waals surface area contributed by atoms with E-state index in [2.05, 4.69) is 20.4 Å². The molecule has 0 aromatic carbocycles. The Morgan fingerprint density at radius 1 is 1.45 bits per heavy atom. The van der Waals surface area contributed by atoms with Gasteiger partial charge in [0.1, 0.15) is 6.20 Å². The third kappa shape index (κ3) is 2.95. The number of rotatable bonds is 5. The van der Waals surface area contributed by atoms with Crippen LogP contribution in [0.3, 0.4) is 0 Å². The van der Waals surface area contributed by atoms with E-state index >= 15 is 0 Å². The van der Waals surface area contributed by atoms with Crippen molar-refractivity contribution in [2.45, 2.75) is 6.54 Å². The number of nitrogens with two attached hydrogens (primary N) is 1. The van der Waals surface area contributed by atoms with Crippen LogP contribution in [0.2, 0.25) is 0 Å². The fourth-order valence-corrected chi connectivity index (χ4v) is 1.68. The number of nitrogens with zero attached hydrogens (tertiary/aromatic N) is 5. The number of hydrazine groups is 1. The lowest BCUT2D eigenvalue weighted by molar-refractivity contribution is -0.384. The van der Waals surface area contributed by atoms with E-state index in [4.69, 9.17) is 5.84 Å². The van der Waals surface area contributed by atoms with Crippen LogP contribution in [0.5, 0.6) is 0 Å². The molecule has 0 atom stereocenters. The average Bonchev–Trinajstić information content (AvgIpc) is 2.47. The molecule has 0 aliphatic heterocycles. The molecule has 0 aliphatic carbocycles. The minimum absolute atomic E-state index is 0.118. The van der Waals surface area contributed by atoms with Crippen molar-refractivity contribution in [2.24, 2.45) is 5.84 Å². The van der Waals surface area contributed by atoms with Gasteiger partial charge in [-0.25, -0.2) is 10.8 Å². The maximum Gasteiger partial charge on any atom is 0.329 e. The Morgan fingerprint density at radius 3 is 2.75 bits per heavy atom. The van der Waals surface area contributed by atoms with Gasteiger partial charge in [0.2, 0.25) is 11.8 Å². The minimum atomic E-state index is -0.529. The lowest BCUT2D eigenvalue weighted by Crippen LogP contribution is -2.21. The summed E-state index contributed by atoms with van der Waals surface area (Å²) in [5.74, 6) is 5.53. The van der Waals surface area contributed by atoms with Crippen molar-refractivity contribution in [1.82, 2.24) is 15.0 Å². The minimum Gasteiger partial charge on any atom is -0.349 e. The normalized spacial score (nSPS) is 10.1. The number of nitrogens with one attached hydrogen (secondary N) is 1. The first-order valence-electron chi connectivity index (χ1n) is 5.70. The molecule has 2 aromatic rings. The highest BCUT2D eigenvalue weighted by Crippen LogP contribution is 2.25. The van der Waals surface area contributed by atoms with Crippen LogP contribution in [-0.4, -0.2) is 26.9 Å². The van der Waals surface area contributed by atoms with E-state index in [1.54, 1.807) is 24.3 Å². The van der Waals surface area contributed by atoms with Crippen LogP contribution in [0.25, 0.3) is 0 Å². The molecule has 0 amide bonds. The smallest absolute Gasteiger partial charge is 0.329 e. The summed E-state index contributed by atoms with van der Waals surface area (Å²) in [6.07, 6.45) is 4.44. The van der Waals surface area contributed by atoms with E-state index in [1.807, 2.05) is 12.1 Å². The first-order valence-corrected chi connectivity index (χ1v) is 5.70. The van der Waals surface area contributed by atoms with Gasteiger partial charge in [-0.2, -0.15) is 4.98 Å². The Hall–Kier alpha value is -2.81. The molecule has 9 nitrogen and oxygen atoms in total. The lowest BCUT2D eigenvalue weighted by atomic mass is 10.2. The predicted molar refractivity (Wildman–Crippen MR) is 72.8 cm³/mol. The molecular weight excluding hydrogens is 262 g/mol. The lowest BCUT2D eigenvalue weighted by Gasteiger charge is -2.18. The maximum absolute atomic E-state index is 11.0. The van der Waals surface area contributed by atoms with Crippen LogP contribution in [0.15, 0.2) is 30.7 Å². The summed E-state index contributed by atoms with van der Waals surface area (Å²) in [4.78, 5) is 23.8. The van der Waals surface area contributed by atoms with E-state index in [1.165, 1.54) is 0 Å². The monoisotopic (exact) mass is 275 g/mol. The van der Waals surface area contributed by atoms with Crippen LogP contribution >= 0.6 is 0 Å². The molecule has 0 saturated heterocycles. The molecule has 0 fully saturated rings. The second-order valence-corrected chi connectivity index (χ2v) is 4.02. The summed E-state index contributed by atoms with van der Waals surface area (Å²) in [5.41, 5.74) is 3.05. The Bertz CT molecular complexity index is 605. The van der Waals surface area contributed by atoms with Crippen molar-refractivity contribution < 1.29 is 4.92 Å². The first-order chi connectivity index (χ1) is 9.61. The molecule has 3 N–H and O–H groups in total. The Kier molecular flexibility index (Phi) is 4.01. The molecule has 104 valence electrons. The molecule has 2 heterocycles. The van der Waals surface area contributed by atoms with Gasteiger partial charge >= 0.3 is 5.69 Å². The number of nitro groups is 1. The van der Waals surface area contributed by atoms with Gasteiger partial charge in [0.25, 0.3) is 0 Å². The zero-order valence-electron chi connectivity index (χ0n) is 10.7. The van der Waals surface area contributed by atoms with E-state index in [-0.39, 0.29) is 17.5 Å². The number of anilines is 2. The Morgan fingerprint density at radius 2 is 2.15 bits per heavy atom. The van der Waals surface area contributed by atoms with Crippen LogP contribution in [-0.2, 0) is 6.54 Å². The molecule has 0 aliphatic rings. The van der Waals surface area contributed by atoms with Crippen molar-refractivity contribution in [1.29, 1.82) is 0 Å². The molecule has 0 saturated carbocycles. The molecular formula is C11H13N7O2. The van der Waals surface area contributed by atoms with Gasteiger partial charge in [-0.05, 0) is 17.7 Å². The van der Waals surface area contributed by atoms with E-state index in [0.29, 0.717) is 6.54 Å². The second-order valence-electron chi connectivity index (χ2n) is 4.02. The van der Waals surface area contributed by atoms with E-state index < -0.39 is 4.92 Å². The van der Waals surface area contributed by atoms with Gasteiger partial charge < -0.3 is 4.90 Å². The number of aromatic nitrogens is 3. The molecule has 0 unspecified atom stereocenters. The zero-order valence-corrected chi connectivity index (χ0v) is 10.7. The van der Waals surface area contributed by atoms with Crippen molar-refractivity contribution in [3.63, 3.8) is 0 Å². The molecule has 9 heteroatoms. The fraction of sp³-hybridized carbons (Fsp3) is 0.182. The van der Waals surface area contributed by atoms with Gasteiger partial charge in [-0.1, -0.05) is 0 Å². The van der Waals surface area contributed by atoms with Gasteiger partial charge in [-0.15, -0.1) is 0 Å². The summed E-state index contributed by atoms with van der Waals surface area (Å²) in [6.45, 7) is 0.449. The zero-order chi connectivity index (χ0) is 14.5. The summed E-state index contributed by atoms with van der Waals surface area (Å²) >= 11 is 0. The first kappa shape index (κ1) is 13.6. The number of hydrogen-bond acceptors (Lipinski definition) is 8. The molecule has 2 rings (SSSR count). The molecule has 2 aromatic heterocycles. The molecule has 20 heavy (non-hydrogen) atoms. The Balaban J connectivity index is 2.32. The highest BCUT2D eigenvalue weighted by atomic mass is 16.6. The van der Waals surface area contributed by atoms with Crippen molar-refractivity contribution in [3.8, 4) is 0 Å². The van der Waals surface area contributed by atoms with Gasteiger partial charge in [0, 0.05) is 26.0 Å². The van der Waals surface area contributed by atoms with Crippen LogP contribution in [0.1, 0.15) is 5.56 Å². The highest BCUT2D eigenvalue weighted by molar-refractivity contribution is 5.58. The van der Waals surface area contributed by atoms with Crippen molar-refractivity contribution >= 4 is 17.5 Å². The second kappa shape index (κ2) is 5.89. The van der Waals surface area contributed by atoms with Gasteiger partial charge in [0.05, 0.1) is 4.92 Å². The standard InChI is InChI=1S/C11H13N7O2/c1-17(7-8-2-4-13-5-3-8)10-9(18(19)20)6-14-11(15-10)16-12/h2-6H,7,12H2,1H3,(H,14,15,16). The molecule has 0 bridgehead atoms. The number of nitrogen functional groups attached to an aromatic ring is 1. The van der Waals surface area contributed by atoms with Crippen molar-refractivity contribution in [3.05, 3.63) is 46.4 Å². The molecule has 0 spiro atoms. The fourth-order valence-electron chi connectivity index (χ4n) is 1.68. The van der Waals surface area contributed by atoms with Crippen molar-refractivity contribution in [2.75, 3.05) is 17.4 Å². The maximum atomic E-state index is 11.0. The number of pyridine rings is 1. The SMILES string of the molecule is CN(Cc1ccncc1)c1nc(NN)ncc1[N+](=O)[O-].